The van der Waals surface area contributed by atoms with Gasteiger partial charge in [-0.1, -0.05) is 6.07 Å². The zero-order chi connectivity index (χ0) is 22.4. The van der Waals surface area contributed by atoms with Crippen molar-refractivity contribution in [3.8, 4) is 23.0 Å². The van der Waals surface area contributed by atoms with Crippen LogP contribution in [0.3, 0.4) is 0 Å². The van der Waals surface area contributed by atoms with Crippen LogP contribution in [-0.4, -0.2) is 26.4 Å². The normalized spacial score (nSPS) is 10.9. The summed E-state index contributed by atoms with van der Waals surface area (Å²) in [5, 5.41) is 2.31. The SMILES string of the molecule is CCOc1ccc(Cc2c3cc(OCC)c(OCC)cc3cc(C)[n+]2C)cc1OCC. The summed E-state index contributed by atoms with van der Waals surface area (Å²) >= 11 is 0. The quantitative estimate of drug-likeness (QED) is 0.422. The smallest absolute Gasteiger partial charge is 0.193 e. The standard InChI is InChI=1S/C26H34NO4/c1-7-28-23-12-11-19(15-24(23)29-8-2)14-22-21-17-26(31-10-4)25(30-9-3)16-20(21)13-18(5)27(22)6/h11-13,15-17H,7-10,14H2,1-6H3/q+1. The molecule has 5 heteroatoms. The lowest BCUT2D eigenvalue weighted by molar-refractivity contribution is -0.683. The second kappa shape index (κ2) is 10.4. The molecule has 3 aromatic rings. The van der Waals surface area contributed by atoms with E-state index >= 15 is 0 Å². The number of aryl methyl sites for hydroxylation is 1. The number of ether oxygens (including phenoxy) is 4. The van der Waals surface area contributed by atoms with Crippen molar-refractivity contribution in [2.75, 3.05) is 26.4 Å². The maximum Gasteiger partial charge on any atom is 0.193 e. The van der Waals surface area contributed by atoms with Gasteiger partial charge in [-0.25, -0.2) is 4.57 Å². The first-order chi connectivity index (χ1) is 15.0. The fraction of sp³-hybridized carbons (Fsp3) is 0.423. The van der Waals surface area contributed by atoms with Crippen molar-refractivity contribution in [2.24, 2.45) is 7.05 Å². The molecule has 0 spiro atoms. The zero-order valence-electron chi connectivity index (χ0n) is 19.6. The molecule has 0 N–H and O–H groups in total. The van der Waals surface area contributed by atoms with Gasteiger partial charge in [0, 0.05) is 13.0 Å². The summed E-state index contributed by atoms with van der Waals surface area (Å²) in [4.78, 5) is 0. The highest BCUT2D eigenvalue weighted by Crippen LogP contribution is 2.35. The molecule has 0 radical (unpaired) electrons. The summed E-state index contributed by atoms with van der Waals surface area (Å²) in [5.41, 5.74) is 3.57. The molecular weight excluding hydrogens is 390 g/mol. The lowest BCUT2D eigenvalue weighted by Crippen LogP contribution is -2.37. The van der Waals surface area contributed by atoms with Crippen LogP contribution in [0.4, 0.5) is 0 Å². The Balaban J connectivity index is 2.11. The van der Waals surface area contributed by atoms with Crippen molar-refractivity contribution >= 4 is 10.8 Å². The molecule has 1 aromatic heterocycles. The molecule has 0 fully saturated rings. The number of benzene rings is 2. The second-order valence-corrected chi connectivity index (χ2v) is 7.37. The van der Waals surface area contributed by atoms with E-state index in [1.165, 1.54) is 17.0 Å². The van der Waals surface area contributed by atoms with Gasteiger partial charge in [0.2, 0.25) is 0 Å². The van der Waals surface area contributed by atoms with E-state index in [0.717, 1.165) is 40.2 Å². The van der Waals surface area contributed by atoms with E-state index in [0.29, 0.717) is 26.4 Å². The molecule has 0 atom stereocenters. The van der Waals surface area contributed by atoms with Gasteiger partial charge in [-0.2, -0.15) is 0 Å². The molecule has 0 saturated heterocycles. The molecule has 1 heterocycles. The van der Waals surface area contributed by atoms with E-state index in [1.54, 1.807) is 0 Å². The van der Waals surface area contributed by atoms with Crippen LogP contribution in [0.2, 0.25) is 0 Å². The Morgan fingerprint density at radius 3 is 1.84 bits per heavy atom. The van der Waals surface area contributed by atoms with Crippen molar-refractivity contribution in [1.82, 2.24) is 0 Å². The van der Waals surface area contributed by atoms with Crippen molar-refractivity contribution in [3.63, 3.8) is 0 Å². The molecule has 0 unspecified atom stereocenters. The van der Waals surface area contributed by atoms with Gasteiger partial charge in [0.05, 0.1) is 38.2 Å². The molecule has 31 heavy (non-hydrogen) atoms. The fourth-order valence-corrected chi connectivity index (χ4v) is 3.81. The number of hydrogen-bond acceptors (Lipinski definition) is 4. The number of hydrogen-bond donors (Lipinski definition) is 0. The molecule has 166 valence electrons. The lowest BCUT2D eigenvalue weighted by atomic mass is 10.0. The Morgan fingerprint density at radius 1 is 0.677 bits per heavy atom. The van der Waals surface area contributed by atoms with E-state index in [4.69, 9.17) is 18.9 Å². The summed E-state index contributed by atoms with van der Waals surface area (Å²) < 4.78 is 25.5. The minimum atomic E-state index is 0.593. The lowest BCUT2D eigenvalue weighted by Gasteiger charge is -2.15. The Labute approximate surface area is 185 Å². The third-order valence-corrected chi connectivity index (χ3v) is 5.30. The van der Waals surface area contributed by atoms with E-state index in [2.05, 4.69) is 48.9 Å². The van der Waals surface area contributed by atoms with Gasteiger partial charge in [0.25, 0.3) is 0 Å². The van der Waals surface area contributed by atoms with Crippen LogP contribution in [0.1, 0.15) is 44.6 Å². The summed E-state index contributed by atoms with van der Waals surface area (Å²) in [6.45, 7) is 12.5. The molecule has 0 aliphatic heterocycles. The maximum atomic E-state index is 5.90. The van der Waals surface area contributed by atoms with E-state index in [-0.39, 0.29) is 0 Å². The van der Waals surface area contributed by atoms with E-state index in [9.17, 15) is 0 Å². The van der Waals surface area contributed by atoms with Crippen molar-refractivity contribution in [3.05, 3.63) is 53.3 Å². The number of fused-ring (bicyclic) bond motifs is 1. The van der Waals surface area contributed by atoms with Crippen LogP contribution < -0.4 is 23.5 Å². The fourth-order valence-electron chi connectivity index (χ4n) is 3.81. The van der Waals surface area contributed by atoms with Crippen LogP contribution in [0.25, 0.3) is 10.8 Å². The molecule has 5 nitrogen and oxygen atoms in total. The summed E-state index contributed by atoms with van der Waals surface area (Å²) in [6.07, 6.45) is 0.765. The Hall–Kier alpha value is -2.95. The van der Waals surface area contributed by atoms with Crippen LogP contribution in [0.5, 0.6) is 23.0 Å². The number of aromatic nitrogens is 1. The highest BCUT2D eigenvalue weighted by Gasteiger charge is 2.20. The molecule has 0 saturated carbocycles. The highest BCUT2D eigenvalue weighted by molar-refractivity contribution is 5.87. The predicted molar refractivity (Wildman–Crippen MR) is 124 cm³/mol. The number of rotatable bonds is 10. The average Bonchev–Trinajstić information content (AvgIpc) is 2.75. The summed E-state index contributed by atoms with van der Waals surface area (Å²) in [7, 11) is 2.11. The topological polar surface area (TPSA) is 40.8 Å². The molecule has 2 aromatic carbocycles. The van der Waals surface area contributed by atoms with Gasteiger partial charge in [0.15, 0.2) is 34.4 Å². The summed E-state index contributed by atoms with van der Waals surface area (Å²) in [5.74, 6) is 3.14. The Kier molecular flexibility index (Phi) is 7.61. The monoisotopic (exact) mass is 424 g/mol. The molecule has 0 aliphatic carbocycles. The predicted octanol–water partition coefficient (Wildman–Crippen LogP) is 5.16. The van der Waals surface area contributed by atoms with Crippen molar-refractivity contribution in [2.45, 2.75) is 41.0 Å². The molecule has 3 rings (SSSR count). The van der Waals surface area contributed by atoms with Gasteiger partial charge in [-0.3, -0.25) is 0 Å². The largest absolute Gasteiger partial charge is 0.490 e. The zero-order valence-corrected chi connectivity index (χ0v) is 19.6. The first kappa shape index (κ1) is 22.7. The van der Waals surface area contributed by atoms with E-state index < -0.39 is 0 Å². The minimum Gasteiger partial charge on any atom is -0.490 e. The van der Waals surface area contributed by atoms with Crippen LogP contribution in [0.15, 0.2) is 36.4 Å². The van der Waals surface area contributed by atoms with E-state index in [1.807, 2.05) is 33.8 Å². The third-order valence-electron chi connectivity index (χ3n) is 5.30. The molecule has 0 bridgehead atoms. The molecular formula is C26H34NO4+. The maximum absolute atomic E-state index is 5.90. The van der Waals surface area contributed by atoms with Crippen LogP contribution >= 0.6 is 0 Å². The minimum absolute atomic E-state index is 0.593. The first-order valence-electron chi connectivity index (χ1n) is 11.1. The second-order valence-electron chi connectivity index (χ2n) is 7.37. The number of nitrogens with zero attached hydrogens (tertiary/aromatic N) is 1. The third kappa shape index (κ3) is 5.04. The van der Waals surface area contributed by atoms with Crippen molar-refractivity contribution < 1.29 is 23.5 Å². The first-order valence-corrected chi connectivity index (χ1v) is 11.1. The van der Waals surface area contributed by atoms with Crippen LogP contribution in [0, 0.1) is 6.92 Å². The Bertz CT molecular complexity index is 1050. The van der Waals surface area contributed by atoms with Gasteiger partial charge in [-0.05, 0) is 62.9 Å². The van der Waals surface area contributed by atoms with Crippen LogP contribution in [-0.2, 0) is 13.5 Å². The van der Waals surface area contributed by atoms with Gasteiger partial charge in [-0.15, -0.1) is 0 Å². The van der Waals surface area contributed by atoms with Gasteiger partial charge < -0.3 is 18.9 Å². The van der Waals surface area contributed by atoms with Gasteiger partial charge >= 0.3 is 0 Å². The Morgan fingerprint density at radius 2 is 1.23 bits per heavy atom. The average molecular weight is 425 g/mol. The highest BCUT2D eigenvalue weighted by atomic mass is 16.5. The van der Waals surface area contributed by atoms with Gasteiger partial charge in [0.1, 0.15) is 7.05 Å². The van der Waals surface area contributed by atoms with Crippen molar-refractivity contribution in [1.29, 1.82) is 0 Å². The molecule has 0 amide bonds. The summed E-state index contributed by atoms with van der Waals surface area (Å²) in [6, 6.07) is 12.6. The molecule has 0 aliphatic rings. The number of pyridine rings is 1.